The predicted molar refractivity (Wildman–Crippen MR) is 83.6 cm³/mol. The fourth-order valence-corrected chi connectivity index (χ4v) is 2.27. The lowest BCUT2D eigenvalue weighted by Gasteiger charge is -2.21. The van der Waals surface area contributed by atoms with E-state index in [-0.39, 0.29) is 11.9 Å². The molecule has 1 amide bonds. The second-order valence-electron chi connectivity index (χ2n) is 5.26. The Hall–Kier alpha value is -2.96. The summed E-state index contributed by atoms with van der Waals surface area (Å²) in [4.78, 5) is 25.7. The Morgan fingerprint density at radius 1 is 1.30 bits per heavy atom. The van der Waals surface area contributed by atoms with Gasteiger partial charge in [-0.2, -0.15) is 4.98 Å². The number of aromatic nitrogens is 4. The maximum Gasteiger partial charge on any atom is 0.273 e. The molecule has 3 rings (SSSR count). The molecule has 1 N–H and O–H groups in total. The normalized spacial score (nSPS) is 12.1. The monoisotopic (exact) mass is 311 g/mol. The van der Waals surface area contributed by atoms with Gasteiger partial charge in [-0.05, 0) is 13.8 Å². The van der Waals surface area contributed by atoms with Crippen LogP contribution in [0.5, 0.6) is 0 Å². The van der Waals surface area contributed by atoms with E-state index in [0.717, 1.165) is 5.56 Å². The number of H-pyrrole nitrogens is 1. The van der Waals surface area contributed by atoms with E-state index < -0.39 is 0 Å². The van der Waals surface area contributed by atoms with Gasteiger partial charge in [-0.1, -0.05) is 35.5 Å². The average molecular weight is 311 g/mol. The van der Waals surface area contributed by atoms with Crippen LogP contribution < -0.4 is 0 Å². The van der Waals surface area contributed by atoms with Crippen LogP contribution in [0, 0.1) is 6.92 Å². The maximum absolute atomic E-state index is 12.8. The van der Waals surface area contributed by atoms with Gasteiger partial charge in [0.25, 0.3) is 5.91 Å². The smallest absolute Gasteiger partial charge is 0.273 e. The minimum atomic E-state index is -0.337. The zero-order chi connectivity index (χ0) is 16.4. The van der Waals surface area contributed by atoms with Crippen LogP contribution in [-0.4, -0.2) is 38.0 Å². The fourth-order valence-electron chi connectivity index (χ4n) is 2.27. The summed E-state index contributed by atoms with van der Waals surface area (Å²) in [6.45, 7) is 3.58. The zero-order valence-corrected chi connectivity index (χ0v) is 13.1. The number of hydrogen-bond acceptors (Lipinski definition) is 5. The minimum Gasteiger partial charge on any atom is -0.340 e. The molecule has 0 saturated heterocycles. The van der Waals surface area contributed by atoms with Crippen LogP contribution in [0.1, 0.15) is 35.2 Å². The van der Waals surface area contributed by atoms with Crippen molar-refractivity contribution in [3.63, 3.8) is 0 Å². The molecule has 0 aliphatic carbocycles. The SMILES string of the molecule is Cc1noc([C@@H](C)N(C)C(=O)c2[nH]cnc2-c2ccccc2)n1. The first-order valence-electron chi connectivity index (χ1n) is 7.24. The van der Waals surface area contributed by atoms with E-state index in [2.05, 4.69) is 20.1 Å². The van der Waals surface area contributed by atoms with Gasteiger partial charge in [-0.3, -0.25) is 4.79 Å². The molecule has 23 heavy (non-hydrogen) atoms. The van der Waals surface area contributed by atoms with Gasteiger partial charge >= 0.3 is 0 Å². The number of aromatic amines is 1. The molecule has 0 bridgehead atoms. The van der Waals surface area contributed by atoms with Gasteiger partial charge in [0.15, 0.2) is 5.82 Å². The van der Waals surface area contributed by atoms with Gasteiger partial charge in [-0.15, -0.1) is 0 Å². The highest BCUT2D eigenvalue weighted by atomic mass is 16.5. The topological polar surface area (TPSA) is 87.9 Å². The van der Waals surface area contributed by atoms with Gasteiger partial charge in [-0.25, -0.2) is 4.98 Å². The average Bonchev–Trinajstić information content (AvgIpc) is 3.22. The first-order chi connectivity index (χ1) is 11.1. The first-order valence-corrected chi connectivity index (χ1v) is 7.24. The number of carbonyl (C=O) groups excluding carboxylic acids is 1. The molecule has 0 aliphatic rings. The lowest BCUT2D eigenvalue weighted by atomic mass is 10.1. The molecule has 1 atom stereocenters. The quantitative estimate of drug-likeness (QED) is 0.800. The van der Waals surface area contributed by atoms with Gasteiger partial charge in [0.1, 0.15) is 17.4 Å². The molecular formula is C16H17N5O2. The minimum absolute atomic E-state index is 0.190. The van der Waals surface area contributed by atoms with Crippen LogP contribution in [0.3, 0.4) is 0 Å². The Morgan fingerprint density at radius 3 is 2.70 bits per heavy atom. The fraction of sp³-hybridized carbons (Fsp3) is 0.250. The van der Waals surface area contributed by atoms with Crippen LogP contribution in [0.15, 0.2) is 41.2 Å². The van der Waals surface area contributed by atoms with Crippen molar-refractivity contribution in [2.24, 2.45) is 0 Å². The van der Waals surface area contributed by atoms with E-state index in [1.807, 2.05) is 37.3 Å². The highest BCUT2D eigenvalue weighted by Crippen LogP contribution is 2.24. The predicted octanol–water partition coefficient (Wildman–Crippen LogP) is 2.60. The molecule has 0 aliphatic heterocycles. The van der Waals surface area contributed by atoms with Gasteiger partial charge in [0, 0.05) is 12.6 Å². The highest BCUT2D eigenvalue weighted by Gasteiger charge is 2.26. The van der Waals surface area contributed by atoms with Crippen LogP contribution in [0.2, 0.25) is 0 Å². The lowest BCUT2D eigenvalue weighted by Crippen LogP contribution is -2.30. The zero-order valence-electron chi connectivity index (χ0n) is 13.1. The number of carbonyl (C=O) groups is 1. The van der Waals surface area contributed by atoms with Crippen molar-refractivity contribution in [2.75, 3.05) is 7.05 Å². The summed E-state index contributed by atoms with van der Waals surface area (Å²) in [7, 11) is 1.70. The van der Waals surface area contributed by atoms with Crippen molar-refractivity contribution >= 4 is 5.91 Å². The number of aryl methyl sites for hydroxylation is 1. The Balaban J connectivity index is 1.88. The van der Waals surface area contributed by atoms with E-state index in [4.69, 9.17) is 4.52 Å². The molecule has 0 unspecified atom stereocenters. The van der Waals surface area contributed by atoms with E-state index in [9.17, 15) is 4.79 Å². The van der Waals surface area contributed by atoms with Crippen molar-refractivity contribution in [3.8, 4) is 11.3 Å². The summed E-state index contributed by atoms with van der Waals surface area (Å²) in [5.74, 6) is 0.753. The molecule has 0 fully saturated rings. The second-order valence-corrected chi connectivity index (χ2v) is 5.26. The first kappa shape index (κ1) is 15.0. The number of benzene rings is 1. The summed E-state index contributed by atoms with van der Waals surface area (Å²) in [5, 5.41) is 3.76. The molecule has 2 aromatic heterocycles. The standard InChI is InChI=1S/C16H17N5O2/c1-10(15-19-11(2)20-23-15)21(3)16(22)14-13(17-9-18-14)12-7-5-4-6-8-12/h4-10H,1-3H3,(H,17,18)/t10-/m1/s1. The van der Waals surface area contributed by atoms with Crippen LogP contribution >= 0.6 is 0 Å². The number of nitrogens with one attached hydrogen (secondary N) is 1. The molecule has 118 valence electrons. The summed E-state index contributed by atoms with van der Waals surface area (Å²) in [6, 6.07) is 9.23. The summed E-state index contributed by atoms with van der Waals surface area (Å²) in [5.41, 5.74) is 1.94. The van der Waals surface area contributed by atoms with Crippen molar-refractivity contribution in [2.45, 2.75) is 19.9 Å². The molecule has 7 heteroatoms. The van der Waals surface area contributed by atoms with Crippen molar-refractivity contribution in [1.29, 1.82) is 0 Å². The van der Waals surface area contributed by atoms with E-state index in [1.165, 1.54) is 6.33 Å². The third-order valence-electron chi connectivity index (χ3n) is 3.70. The van der Waals surface area contributed by atoms with E-state index >= 15 is 0 Å². The van der Waals surface area contributed by atoms with Gasteiger partial charge < -0.3 is 14.4 Å². The van der Waals surface area contributed by atoms with Crippen LogP contribution in [-0.2, 0) is 0 Å². The summed E-state index contributed by atoms with van der Waals surface area (Å²) >= 11 is 0. The summed E-state index contributed by atoms with van der Waals surface area (Å²) < 4.78 is 5.15. The van der Waals surface area contributed by atoms with E-state index in [1.54, 1.807) is 18.9 Å². The highest BCUT2D eigenvalue weighted by molar-refractivity contribution is 5.98. The molecule has 2 heterocycles. The van der Waals surface area contributed by atoms with Gasteiger partial charge in [0.2, 0.25) is 5.89 Å². The Morgan fingerprint density at radius 2 is 2.04 bits per heavy atom. The number of nitrogens with zero attached hydrogens (tertiary/aromatic N) is 4. The van der Waals surface area contributed by atoms with E-state index in [0.29, 0.717) is 23.1 Å². The lowest BCUT2D eigenvalue weighted by molar-refractivity contribution is 0.0711. The maximum atomic E-state index is 12.8. The van der Waals surface area contributed by atoms with Crippen molar-refractivity contribution < 1.29 is 9.32 Å². The van der Waals surface area contributed by atoms with Gasteiger partial charge in [0.05, 0.1) is 6.33 Å². The molecule has 7 nitrogen and oxygen atoms in total. The van der Waals surface area contributed by atoms with Crippen LogP contribution in [0.4, 0.5) is 0 Å². The Bertz CT molecular complexity index is 809. The van der Waals surface area contributed by atoms with Crippen LogP contribution in [0.25, 0.3) is 11.3 Å². The second kappa shape index (κ2) is 6.04. The molecule has 3 aromatic rings. The largest absolute Gasteiger partial charge is 0.340 e. The molecule has 0 saturated carbocycles. The number of imidazole rings is 1. The van der Waals surface area contributed by atoms with Crippen molar-refractivity contribution in [1.82, 2.24) is 25.0 Å². The number of hydrogen-bond donors (Lipinski definition) is 1. The molecule has 1 aromatic carbocycles. The molecular weight excluding hydrogens is 294 g/mol. The molecule has 0 radical (unpaired) electrons. The third-order valence-corrected chi connectivity index (χ3v) is 3.70. The summed E-state index contributed by atoms with van der Waals surface area (Å²) in [6.07, 6.45) is 1.52. The molecule has 0 spiro atoms. The Kier molecular flexibility index (Phi) is 3.92. The third kappa shape index (κ3) is 2.85. The number of rotatable bonds is 4. The van der Waals surface area contributed by atoms with Crippen molar-refractivity contribution in [3.05, 3.63) is 54.1 Å². The number of amides is 1. The Labute approximate surface area is 133 Å².